The molecule has 3 heterocycles. The zero-order valence-corrected chi connectivity index (χ0v) is 18.2. The van der Waals surface area contributed by atoms with Crippen molar-refractivity contribution in [1.29, 1.82) is 0 Å². The fraction of sp³-hybridized carbons (Fsp3) is 0.632. The summed E-state index contributed by atoms with van der Waals surface area (Å²) in [4.78, 5) is 29.2. The number of rotatable bonds is 9. The van der Waals surface area contributed by atoms with Crippen molar-refractivity contribution in [3.8, 4) is 0 Å². The van der Waals surface area contributed by atoms with Crippen molar-refractivity contribution >= 4 is 47.2 Å². The summed E-state index contributed by atoms with van der Waals surface area (Å²) in [5.74, 6) is -0.0403. The lowest BCUT2D eigenvalue weighted by molar-refractivity contribution is -0.122. The zero-order chi connectivity index (χ0) is 20.6. The van der Waals surface area contributed by atoms with E-state index in [2.05, 4.69) is 45.4 Å². The number of aromatic nitrogens is 1. The third kappa shape index (κ3) is 6.10. The number of ether oxygens (including phenoxy) is 1. The second kappa shape index (κ2) is 10.8. The molecule has 1 aromatic heterocycles. The van der Waals surface area contributed by atoms with Gasteiger partial charge in [-0.1, -0.05) is 6.92 Å². The van der Waals surface area contributed by atoms with Crippen LogP contribution >= 0.6 is 24.0 Å². The van der Waals surface area contributed by atoms with E-state index < -0.39 is 6.04 Å². The Hall–Kier alpha value is -1.78. The molecule has 1 unspecified atom stereocenters. The molecule has 0 radical (unpaired) electrons. The summed E-state index contributed by atoms with van der Waals surface area (Å²) in [5, 5.41) is 16.7. The van der Waals surface area contributed by atoms with Crippen LogP contribution in [0.25, 0.3) is 0 Å². The van der Waals surface area contributed by atoms with Gasteiger partial charge < -0.3 is 15.4 Å². The first-order valence-corrected chi connectivity index (χ1v) is 11.5. The number of thiazole rings is 1. The average molecular weight is 438 g/mol. The van der Waals surface area contributed by atoms with Gasteiger partial charge in [-0.15, -0.1) is 11.3 Å². The van der Waals surface area contributed by atoms with Crippen LogP contribution in [0.1, 0.15) is 48.1 Å². The fourth-order valence-electron chi connectivity index (χ4n) is 3.25. The molecule has 2 aliphatic rings. The van der Waals surface area contributed by atoms with E-state index >= 15 is 0 Å². The molecule has 2 aliphatic heterocycles. The molecule has 8 nitrogen and oxygen atoms in total. The van der Waals surface area contributed by atoms with Gasteiger partial charge in [-0.3, -0.25) is 9.59 Å². The third-order valence-electron chi connectivity index (χ3n) is 4.92. The second-order valence-electron chi connectivity index (χ2n) is 7.12. The zero-order valence-electron chi connectivity index (χ0n) is 16.5. The van der Waals surface area contributed by atoms with Crippen molar-refractivity contribution < 1.29 is 14.3 Å². The number of thiol groups is 1. The lowest BCUT2D eigenvalue weighted by Crippen LogP contribution is -2.49. The number of carbonyl (C=O) groups excluding carboxylic acids is 2. The van der Waals surface area contributed by atoms with Gasteiger partial charge in [0.2, 0.25) is 5.91 Å². The summed E-state index contributed by atoms with van der Waals surface area (Å²) in [6.07, 6.45) is 4.44. The van der Waals surface area contributed by atoms with Crippen LogP contribution in [-0.4, -0.2) is 59.8 Å². The van der Waals surface area contributed by atoms with Gasteiger partial charge in [0.05, 0.1) is 17.3 Å². The third-order valence-corrected chi connectivity index (χ3v) is 6.19. The Bertz CT molecular complexity index is 787. The molecule has 0 spiro atoms. The Kier molecular flexibility index (Phi) is 8.19. The largest absolute Gasteiger partial charge is 0.381 e. The van der Waals surface area contributed by atoms with E-state index in [1.807, 2.05) is 0 Å². The highest BCUT2D eigenvalue weighted by Crippen LogP contribution is 2.21. The molecule has 0 bridgehead atoms. The Morgan fingerprint density at radius 2 is 2.14 bits per heavy atom. The molecule has 158 valence electrons. The molecule has 0 saturated carbocycles. The molecule has 1 atom stereocenters. The Balaban J connectivity index is 1.44. The van der Waals surface area contributed by atoms with Crippen LogP contribution < -0.4 is 10.6 Å². The number of nitrogens with zero attached hydrogens (tertiary/aromatic N) is 3. The van der Waals surface area contributed by atoms with Gasteiger partial charge in [-0.2, -0.15) is 22.8 Å². The van der Waals surface area contributed by atoms with E-state index in [-0.39, 0.29) is 17.6 Å². The van der Waals surface area contributed by atoms with Crippen molar-refractivity contribution in [2.45, 2.75) is 45.1 Å². The number of carbonyl (C=O) groups is 2. The monoisotopic (exact) mass is 437 g/mol. The molecular formula is C19H27N5O3S2. The lowest BCUT2D eigenvalue weighted by Gasteiger charge is -2.21. The van der Waals surface area contributed by atoms with E-state index in [1.165, 1.54) is 11.3 Å². The van der Waals surface area contributed by atoms with Crippen molar-refractivity contribution in [2.24, 2.45) is 16.1 Å². The van der Waals surface area contributed by atoms with Crippen molar-refractivity contribution in [3.05, 3.63) is 16.1 Å². The van der Waals surface area contributed by atoms with Gasteiger partial charge in [0, 0.05) is 42.4 Å². The molecular weight excluding hydrogens is 410 g/mol. The number of nitrogens with one attached hydrogen (secondary N) is 2. The molecule has 0 aromatic carbocycles. The van der Waals surface area contributed by atoms with E-state index in [0.717, 1.165) is 55.3 Å². The van der Waals surface area contributed by atoms with Crippen LogP contribution in [0.3, 0.4) is 0 Å². The predicted molar refractivity (Wildman–Crippen MR) is 117 cm³/mol. The average Bonchev–Trinajstić information content (AvgIpc) is 3.41. The first kappa shape index (κ1) is 21.9. The fourth-order valence-corrected chi connectivity index (χ4v) is 4.39. The highest BCUT2D eigenvalue weighted by Gasteiger charge is 2.25. The standard InChI is InChI=1S/C19H27N5O3S2/c1-2-3-17-21-16(11-29-17)19(26)22-15(10-28)18(25)20-9-13-8-14(24-23-13)12-4-6-27-7-5-12/h11-12,15,28H,2-10H2,1H3,(H,20,25)(H,22,26). The summed E-state index contributed by atoms with van der Waals surface area (Å²) in [6.45, 7) is 3.90. The van der Waals surface area contributed by atoms with Gasteiger partial charge in [0.25, 0.3) is 5.91 Å². The van der Waals surface area contributed by atoms with Crippen LogP contribution in [-0.2, 0) is 16.0 Å². The molecule has 2 amide bonds. The smallest absolute Gasteiger partial charge is 0.271 e. The van der Waals surface area contributed by atoms with Crippen LogP contribution in [0.2, 0.25) is 0 Å². The molecule has 29 heavy (non-hydrogen) atoms. The van der Waals surface area contributed by atoms with Crippen LogP contribution in [0.5, 0.6) is 0 Å². The molecule has 0 aliphatic carbocycles. The van der Waals surface area contributed by atoms with Crippen molar-refractivity contribution in [2.75, 3.05) is 25.5 Å². The van der Waals surface area contributed by atoms with Crippen LogP contribution in [0.15, 0.2) is 15.6 Å². The van der Waals surface area contributed by atoms with Gasteiger partial charge in [-0.05, 0) is 25.7 Å². The van der Waals surface area contributed by atoms with Gasteiger partial charge in [0.15, 0.2) is 0 Å². The Morgan fingerprint density at radius 3 is 2.86 bits per heavy atom. The molecule has 1 fully saturated rings. The summed E-state index contributed by atoms with van der Waals surface area (Å²) in [7, 11) is 0. The Morgan fingerprint density at radius 1 is 1.34 bits per heavy atom. The number of hydrogen-bond acceptors (Lipinski definition) is 8. The van der Waals surface area contributed by atoms with Gasteiger partial charge >= 0.3 is 0 Å². The van der Waals surface area contributed by atoms with E-state index in [4.69, 9.17) is 4.74 Å². The maximum absolute atomic E-state index is 12.5. The normalized spacial score (nSPS) is 18.1. The molecule has 2 N–H and O–H groups in total. The molecule has 10 heteroatoms. The van der Waals surface area contributed by atoms with Gasteiger partial charge in [-0.25, -0.2) is 4.98 Å². The van der Waals surface area contributed by atoms with Gasteiger partial charge in [0.1, 0.15) is 11.7 Å². The second-order valence-corrected chi connectivity index (χ2v) is 8.43. The quantitative estimate of drug-likeness (QED) is 0.513. The number of aryl methyl sites for hydroxylation is 1. The Labute approximate surface area is 180 Å². The molecule has 3 rings (SSSR count). The first-order valence-electron chi connectivity index (χ1n) is 9.94. The maximum atomic E-state index is 12.5. The summed E-state index contributed by atoms with van der Waals surface area (Å²) < 4.78 is 5.39. The minimum atomic E-state index is -0.736. The summed E-state index contributed by atoms with van der Waals surface area (Å²) in [6, 6.07) is -0.736. The summed E-state index contributed by atoms with van der Waals surface area (Å²) >= 11 is 5.67. The number of hydrogen-bond donors (Lipinski definition) is 3. The molecule has 1 aromatic rings. The lowest BCUT2D eigenvalue weighted by atomic mass is 9.92. The van der Waals surface area contributed by atoms with Crippen LogP contribution in [0, 0.1) is 5.92 Å². The maximum Gasteiger partial charge on any atom is 0.271 e. The highest BCUT2D eigenvalue weighted by atomic mass is 32.1. The molecule has 1 saturated heterocycles. The van der Waals surface area contributed by atoms with E-state index in [9.17, 15) is 9.59 Å². The van der Waals surface area contributed by atoms with Crippen molar-refractivity contribution in [3.63, 3.8) is 0 Å². The van der Waals surface area contributed by atoms with E-state index in [1.54, 1.807) is 5.38 Å². The topological polar surface area (TPSA) is 105 Å². The van der Waals surface area contributed by atoms with Crippen molar-refractivity contribution in [1.82, 2.24) is 15.6 Å². The number of amides is 2. The predicted octanol–water partition coefficient (Wildman–Crippen LogP) is 1.87. The highest BCUT2D eigenvalue weighted by molar-refractivity contribution is 7.80. The first-order chi connectivity index (χ1) is 14.1. The minimum absolute atomic E-state index is 0.194. The van der Waals surface area contributed by atoms with Crippen LogP contribution in [0.4, 0.5) is 0 Å². The summed E-state index contributed by atoms with van der Waals surface area (Å²) in [5.41, 5.74) is 2.24. The van der Waals surface area contributed by atoms with E-state index in [0.29, 0.717) is 24.6 Å². The SMILES string of the molecule is CCCc1nc(C(=O)NC(CS)C(=O)NCC2=NN=C(C3CCOCC3)C2)cs1. The minimum Gasteiger partial charge on any atom is -0.381 e.